The second kappa shape index (κ2) is 7.49. The fourth-order valence-corrected chi connectivity index (χ4v) is 2.57. The van der Waals surface area contributed by atoms with Crippen LogP contribution in [0.25, 0.3) is 5.82 Å². The summed E-state index contributed by atoms with van der Waals surface area (Å²) < 4.78 is 6.86. The first kappa shape index (κ1) is 17.8. The summed E-state index contributed by atoms with van der Waals surface area (Å²) >= 11 is 5.82. The molecule has 0 bridgehead atoms. The molecule has 0 N–H and O–H groups in total. The average molecular weight is 370 g/mol. The summed E-state index contributed by atoms with van der Waals surface area (Å²) in [6, 6.07) is 11.8. The molecule has 0 fully saturated rings. The highest BCUT2D eigenvalue weighted by molar-refractivity contribution is 6.30. The average Bonchev–Trinajstić information content (AvgIpc) is 3.04. The first-order valence-corrected chi connectivity index (χ1v) is 8.32. The summed E-state index contributed by atoms with van der Waals surface area (Å²) in [5.74, 6) is -0.321. The van der Waals surface area contributed by atoms with Gasteiger partial charge in [0.15, 0.2) is 11.9 Å². The Morgan fingerprint density at radius 2 is 1.88 bits per heavy atom. The molecule has 26 heavy (non-hydrogen) atoms. The Bertz CT molecular complexity index is 936. The number of nitrogens with zero attached hydrogens (tertiary/aromatic N) is 3. The van der Waals surface area contributed by atoms with E-state index in [0.717, 1.165) is 0 Å². The number of Topliss-reactive ketones (excluding diaryl/α,β-unsaturated/α-hetero) is 1. The molecule has 0 aliphatic heterocycles. The maximum atomic E-state index is 12.4. The van der Waals surface area contributed by atoms with E-state index >= 15 is 0 Å². The number of ketones is 1. The molecule has 1 aromatic carbocycles. The number of ether oxygens (including phenoxy) is 1. The normalized spacial score (nSPS) is 11.8. The van der Waals surface area contributed by atoms with Gasteiger partial charge >= 0.3 is 5.97 Å². The van der Waals surface area contributed by atoms with Gasteiger partial charge in [-0.1, -0.05) is 17.7 Å². The fourth-order valence-electron chi connectivity index (χ4n) is 2.45. The number of rotatable bonds is 5. The van der Waals surface area contributed by atoms with Gasteiger partial charge in [-0.2, -0.15) is 5.10 Å². The fraction of sp³-hybridized carbons (Fsp3) is 0.158. The molecule has 0 saturated carbocycles. The third kappa shape index (κ3) is 3.65. The van der Waals surface area contributed by atoms with Gasteiger partial charge in [-0.05, 0) is 50.2 Å². The minimum atomic E-state index is -0.929. The molecule has 3 rings (SSSR count). The van der Waals surface area contributed by atoms with Crippen LogP contribution in [0.3, 0.4) is 0 Å². The zero-order chi connectivity index (χ0) is 18.7. The minimum Gasteiger partial charge on any atom is -0.451 e. The van der Waals surface area contributed by atoms with E-state index in [9.17, 15) is 9.59 Å². The monoisotopic (exact) mass is 369 g/mol. The zero-order valence-corrected chi connectivity index (χ0v) is 15.0. The number of esters is 1. The van der Waals surface area contributed by atoms with Crippen LogP contribution < -0.4 is 0 Å². The lowest BCUT2D eigenvalue weighted by molar-refractivity contribution is 0.0318. The molecule has 2 heterocycles. The molecule has 0 amide bonds. The van der Waals surface area contributed by atoms with Crippen LogP contribution in [-0.2, 0) is 4.74 Å². The third-order valence-electron chi connectivity index (χ3n) is 3.88. The maximum Gasteiger partial charge on any atom is 0.342 e. The number of carbonyl (C=O) groups excluding carboxylic acids is 2. The van der Waals surface area contributed by atoms with E-state index in [-0.39, 0.29) is 11.3 Å². The molecule has 6 nitrogen and oxygen atoms in total. The Morgan fingerprint density at radius 1 is 1.15 bits per heavy atom. The molecule has 7 heteroatoms. The smallest absolute Gasteiger partial charge is 0.342 e. The van der Waals surface area contributed by atoms with Crippen LogP contribution in [0, 0.1) is 6.92 Å². The van der Waals surface area contributed by atoms with Crippen molar-refractivity contribution < 1.29 is 14.3 Å². The van der Waals surface area contributed by atoms with Gasteiger partial charge in [0.05, 0.1) is 11.9 Å². The van der Waals surface area contributed by atoms with Crippen LogP contribution in [0.15, 0.2) is 54.9 Å². The van der Waals surface area contributed by atoms with Crippen LogP contribution in [0.2, 0.25) is 5.02 Å². The molecular formula is C19H16ClN3O3. The third-order valence-corrected chi connectivity index (χ3v) is 4.13. The summed E-state index contributed by atoms with van der Waals surface area (Å²) in [6.07, 6.45) is 2.12. The van der Waals surface area contributed by atoms with Crippen LogP contribution in [0.5, 0.6) is 0 Å². The number of aromatic nitrogens is 3. The number of hydrogen-bond donors (Lipinski definition) is 0. The predicted octanol–water partition coefficient (Wildman–Crippen LogP) is 3.66. The molecule has 132 valence electrons. The first-order valence-electron chi connectivity index (χ1n) is 7.94. The predicted molar refractivity (Wildman–Crippen MR) is 96.8 cm³/mol. The summed E-state index contributed by atoms with van der Waals surface area (Å²) in [5, 5.41) is 4.71. The SMILES string of the molecule is Cc1c(C(=O)OC(C)C(=O)c2ccc(Cl)cc2)cnn1-c1ccccn1. The number of carbonyl (C=O) groups is 2. The van der Waals surface area contributed by atoms with Gasteiger partial charge in [-0.3, -0.25) is 4.79 Å². The number of halogens is 1. The lowest BCUT2D eigenvalue weighted by Crippen LogP contribution is -2.24. The number of benzene rings is 1. The van der Waals surface area contributed by atoms with Gasteiger partial charge in [-0.25, -0.2) is 14.5 Å². The van der Waals surface area contributed by atoms with Gasteiger partial charge in [-0.15, -0.1) is 0 Å². The Labute approximate surface area is 155 Å². The van der Waals surface area contributed by atoms with Crippen molar-refractivity contribution in [1.82, 2.24) is 14.8 Å². The summed E-state index contributed by atoms with van der Waals surface area (Å²) in [4.78, 5) is 29.0. The van der Waals surface area contributed by atoms with Crippen molar-refractivity contribution in [1.29, 1.82) is 0 Å². The molecule has 3 aromatic rings. The summed E-state index contributed by atoms with van der Waals surface area (Å²) in [7, 11) is 0. The first-order chi connectivity index (χ1) is 12.5. The molecule has 1 unspecified atom stereocenters. The quantitative estimate of drug-likeness (QED) is 0.507. The highest BCUT2D eigenvalue weighted by Crippen LogP contribution is 2.16. The van der Waals surface area contributed by atoms with Crippen molar-refractivity contribution >= 4 is 23.4 Å². The Balaban J connectivity index is 1.75. The topological polar surface area (TPSA) is 74.1 Å². The molecule has 1 atom stereocenters. The molecule has 0 saturated heterocycles. The lowest BCUT2D eigenvalue weighted by Gasteiger charge is -2.12. The molecule has 0 aliphatic rings. The van der Waals surface area contributed by atoms with E-state index in [1.807, 2.05) is 6.07 Å². The van der Waals surface area contributed by atoms with Crippen molar-refractivity contribution in [3.63, 3.8) is 0 Å². The van der Waals surface area contributed by atoms with E-state index in [0.29, 0.717) is 22.1 Å². The molecule has 0 aliphatic carbocycles. The number of hydrogen-bond acceptors (Lipinski definition) is 5. The van der Waals surface area contributed by atoms with Crippen LogP contribution >= 0.6 is 11.6 Å². The standard InChI is InChI=1S/C19H16ClN3O3/c1-12-16(11-22-23(12)17-5-3-4-10-21-17)19(25)26-13(2)18(24)14-6-8-15(20)9-7-14/h3-11,13H,1-2H3. The van der Waals surface area contributed by atoms with Crippen LogP contribution in [0.1, 0.15) is 33.3 Å². The van der Waals surface area contributed by atoms with Crippen molar-refractivity contribution in [3.8, 4) is 5.82 Å². The van der Waals surface area contributed by atoms with Crippen molar-refractivity contribution in [2.24, 2.45) is 0 Å². The minimum absolute atomic E-state index is 0.284. The van der Waals surface area contributed by atoms with Crippen LogP contribution in [-0.4, -0.2) is 32.6 Å². The largest absolute Gasteiger partial charge is 0.451 e. The van der Waals surface area contributed by atoms with E-state index in [4.69, 9.17) is 16.3 Å². The Morgan fingerprint density at radius 3 is 2.54 bits per heavy atom. The Hall–Kier alpha value is -2.99. The summed E-state index contributed by atoms with van der Waals surface area (Å²) in [6.45, 7) is 3.28. The van der Waals surface area contributed by atoms with Crippen molar-refractivity contribution in [2.75, 3.05) is 0 Å². The molecule has 0 spiro atoms. The number of pyridine rings is 1. The van der Waals surface area contributed by atoms with Crippen molar-refractivity contribution in [3.05, 3.63) is 76.7 Å². The highest BCUT2D eigenvalue weighted by atomic mass is 35.5. The lowest BCUT2D eigenvalue weighted by atomic mass is 10.1. The highest BCUT2D eigenvalue weighted by Gasteiger charge is 2.23. The molecule has 2 aromatic heterocycles. The van der Waals surface area contributed by atoms with Gasteiger partial charge in [0, 0.05) is 16.8 Å². The molecular weight excluding hydrogens is 354 g/mol. The van der Waals surface area contributed by atoms with Gasteiger partial charge in [0.2, 0.25) is 5.78 Å². The van der Waals surface area contributed by atoms with Crippen LogP contribution in [0.4, 0.5) is 0 Å². The van der Waals surface area contributed by atoms with E-state index in [2.05, 4.69) is 10.1 Å². The molecule has 0 radical (unpaired) electrons. The zero-order valence-electron chi connectivity index (χ0n) is 14.2. The van der Waals surface area contributed by atoms with E-state index in [1.54, 1.807) is 54.2 Å². The van der Waals surface area contributed by atoms with Gasteiger partial charge in [0.1, 0.15) is 5.56 Å². The van der Waals surface area contributed by atoms with E-state index < -0.39 is 12.1 Å². The van der Waals surface area contributed by atoms with Gasteiger partial charge < -0.3 is 4.74 Å². The Kier molecular flexibility index (Phi) is 5.14. The van der Waals surface area contributed by atoms with Gasteiger partial charge in [0.25, 0.3) is 0 Å². The van der Waals surface area contributed by atoms with Crippen molar-refractivity contribution in [2.45, 2.75) is 20.0 Å². The summed E-state index contributed by atoms with van der Waals surface area (Å²) in [5.41, 5.74) is 1.29. The van der Waals surface area contributed by atoms with E-state index in [1.165, 1.54) is 13.1 Å². The second-order valence-corrected chi connectivity index (χ2v) is 6.10. The second-order valence-electron chi connectivity index (χ2n) is 5.66. The maximum absolute atomic E-state index is 12.4.